The van der Waals surface area contributed by atoms with Crippen molar-refractivity contribution in [1.29, 1.82) is 0 Å². The van der Waals surface area contributed by atoms with Gasteiger partial charge in [0, 0.05) is 10.7 Å². The summed E-state index contributed by atoms with van der Waals surface area (Å²) in [6.07, 6.45) is 1.66. The fraction of sp³-hybridized carbons (Fsp3) is 0.0625. The van der Waals surface area contributed by atoms with Crippen LogP contribution in [0.2, 0.25) is 0 Å². The molecule has 1 aromatic heterocycles. The Labute approximate surface area is 136 Å². The number of hydrogen-bond acceptors (Lipinski definition) is 3. The second-order valence-corrected chi connectivity index (χ2v) is 7.81. The van der Waals surface area contributed by atoms with Crippen molar-refractivity contribution in [3.8, 4) is 0 Å². The molecule has 2 aromatic carbocycles. The van der Waals surface area contributed by atoms with Gasteiger partial charge in [0.15, 0.2) is 0 Å². The molecule has 0 radical (unpaired) electrons. The summed E-state index contributed by atoms with van der Waals surface area (Å²) in [4.78, 5) is 16.8. The Bertz CT molecular complexity index is 855. The molecule has 4 nitrogen and oxygen atoms in total. The molecule has 3 aromatic rings. The standard InChI is InChI=1S/C16H14BrN2O2P/c17-15-8-9-16(14-7-2-1-6-13(14)15)22(20,21)19-11-12-5-3-4-10-18-12/h1-10H,11H2,(H2,19,20,21). The number of nitrogens with two attached hydrogens (primary N) is 1. The van der Waals surface area contributed by atoms with Crippen LogP contribution in [-0.4, -0.2) is 4.98 Å². The highest BCUT2D eigenvalue weighted by Crippen LogP contribution is 2.30. The number of halogens is 1. The quantitative estimate of drug-likeness (QED) is 0.707. The highest BCUT2D eigenvalue weighted by molar-refractivity contribution is 9.10. The van der Waals surface area contributed by atoms with Gasteiger partial charge in [0.2, 0.25) is 7.52 Å². The topological polar surface area (TPSA) is 69.6 Å². The SMILES string of the molecule is O=P([O-])([NH2+]Cc1ccccn1)c1ccc(Br)c2ccccc12. The minimum Gasteiger partial charge on any atom is -0.750 e. The van der Waals surface area contributed by atoms with Gasteiger partial charge in [-0.3, -0.25) is 9.55 Å². The van der Waals surface area contributed by atoms with Crippen molar-refractivity contribution in [1.82, 2.24) is 4.98 Å². The van der Waals surface area contributed by atoms with Crippen molar-refractivity contribution < 1.29 is 14.5 Å². The van der Waals surface area contributed by atoms with E-state index in [-0.39, 0.29) is 0 Å². The Balaban J connectivity index is 1.95. The van der Waals surface area contributed by atoms with Gasteiger partial charge in [-0.25, -0.2) is 0 Å². The van der Waals surface area contributed by atoms with Gasteiger partial charge in [0.1, 0.15) is 6.54 Å². The normalized spacial score (nSPS) is 13.9. The molecule has 0 saturated heterocycles. The Kier molecular flexibility index (Phi) is 4.41. The summed E-state index contributed by atoms with van der Waals surface area (Å²) < 4.78 is 13.5. The van der Waals surface area contributed by atoms with Crippen molar-refractivity contribution in [2.45, 2.75) is 6.54 Å². The van der Waals surface area contributed by atoms with E-state index < -0.39 is 7.52 Å². The summed E-state index contributed by atoms with van der Waals surface area (Å²) in [6, 6.07) is 16.4. The van der Waals surface area contributed by atoms with Gasteiger partial charge in [-0.1, -0.05) is 46.3 Å². The van der Waals surface area contributed by atoms with Crippen LogP contribution in [0.15, 0.2) is 65.3 Å². The summed E-state index contributed by atoms with van der Waals surface area (Å²) in [5.41, 5.74) is 0.736. The first-order valence-corrected chi connectivity index (χ1v) is 9.29. The molecular weight excluding hydrogens is 363 g/mol. The van der Waals surface area contributed by atoms with E-state index in [1.54, 1.807) is 18.3 Å². The number of quaternary nitrogens is 1. The minimum absolute atomic E-state index is 0.298. The molecule has 0 aliphatic rings. The molecule has 0 fully saturated rings. The molecule has 6 heteroatoms. The molecule has 0 spiro atoms. The summed E-state index contributed by atoms with van der Waals surface area (Å²) in [7, 11) is -3.81. The second kappa shape index (κ2) is 6.31. The lowest BCUT2D eigenvalue weighted by atomic mass is 10.1. The van der Waals surface area contributed by atoms with Gasteiger partial charge in [-0.05, 0) is 35.0 Å². The van der Waals surface area contributed by atoms with Gasteiger partial charge in [0.25, 0.3) is 0 Å². The van der Waals surface area contributed by atoms with Crippen molar-refractivity contribution in [2.24, 2.45) is 0 Å². The van der Waals surface area contributed by atoms with Crippen LogP contribution >= 0.6 is 23.4 Å². The lowest BCUT2D eigenvalue weighted by Crippen LogP contribution is -2.81. The summed E-state index contributed by atoms with van der Waals surface area (Å²) in [6.45, 7) is 0.298. The zero-order valence-corrected chi connectivity index (χ0v) is 14.1. The van der Waals surface area contributed by atoms with Crippen molar-refractivity contribution in [2.75, 3.05) is 0 Å². The van der Waals surface area contributed by atoms with Crippen LogP contribution in [0.1, 0.15) is 5.69 Å². The number of benzene rings is 2. The molecule has 0 amide bonds. The number of pyridine rings is 1. The second-order valence-electron chi connectivity index (χ2n) is 4.92. The fourth-order valence-electron chi connectivity index (χ4n) is 2.35. The van der Waals surface area contributed by atoms with Crippen molar-refractivity contribution in [3.05, 3.63) is 71.0 Å². The summed E-state index contributed by atoms with van der Waals surface area (Å²) in [5, 5.41) is 3.32. The highest BCUT2D eigenvalue weighted by atomic mass is 79.9. The van der Waals surface area contributed by atoms with Crippen LogP contribution in [0, 0.1) is 0 Å². The van der Waals surface area contributed by atoms with Gasteiger partial charge >= 0.3 is 0 Å². The van der Waals surface area contributed by atoms with Crippen LogP contribution in [0.5, 0.6) is 0 Å². The summed E-state index contributed by atoms with van der Waals surface area (Å²) in [5.74, 6) is 0. The van der Waals surface area contributed by atoms with Crippen molar-refractivity contribution >= 4 is 39.5 Å². The van der Waals surface area contributed by atoms with Crippen LogP contribution in [-0.2, 0) is 11.1 Å². The monoisotopic (exact) mass is 376 g/mol. The molecule has 2 N–H and O–H groups in total. The van der Waals surface area contributed by atoms with Crippen LogP contribution in [0.4, 0.5) is 0 Å². The van der Waals surface area contributed by atoms with E-state index in [2.05, 4.69) is 20.9 Å². The lowest BCUT2D eigenvalue weighted by Gasteiger charge is -2.22. The maximum Gasteiger partial charge on any atom is 0.218 e. The molecule has 1 heterocycles. The average molecular weight is 377 g/mol. The average Bonchev–Trinajstić information content (AvgIpc) is 2.54. The third-order valence-corrected chi connectivity index (χ3v) is 5.87. The third-order valence-electron chi connectivity index (χ3n) is 3.45. The van der Waals surface area contributed by atoms with Crippen LogP contribution < -0.4 is 15.3 Å². The van der Waals surface area contributed by atoms with Crippen LogP contribution in [0.3, 0.4) is 0 Å². The first kappa shape index (κ1) is 15.4. The molecule has 0 aliphatic carbocycles. The number of nitrogens with zero attached hydrogens (tertiary/aromatic N) is 1. The zero-order valence-electron chi connectivity index (χ0n) is 11.6. The maximum atomic E-state index is 12.7. The van der Waals surface area contributed by atoms with Gasteiger partial charge in [-0.2, -0.15) is 0 Å². The highest BCUT2D eigenvalue weighted by Gasteiger charge is 2.19. The largest absolute Gasteiger partial charge is 0.750 e. The van der Waals surface area contributed by atoms with Gasteiger partial charge < -0.3 is 9.98 Å². The molecule has 112 valence electrons. The molecule has 1 unspecified atom stereocenters. The maximum absolute atomic E-state index is 12.7. The lowest BCUT2D eigenvalue weighted by molar-refractivity contribution is -0.558. The minimum atomic E-state index is -3.81. The Morgan fingerprint density at radius 2 is 1.77 bits per heavy atom. The number of aromatic nitrogens is 1. The Morgan fingerprint density at radius 3 is 2.50 bits per heavy atom. The predicted molar refractivity (Wildman–Crippen MR) is 88.8 cm³/mol. The van der Waals surface area contributed by atoms with Crippen molar-refractivity contribution in [3.63, 3.8) is 0 Å². The third kappa shape index (κ3) is 3.13. The zero-order chi connectivity index (χ0) is 15.6. The molecule has 1 atom stereocenters. The van der Waals surface area contributed by atoms with E-state index in [0.29, 0.717) is 11.8 Å². The van der Waals surface area contributed by atoms with E-state index in [9.17, 15) is 9.46 Å². The summed E-state index contributed by atoms with van der Waals surface area (Å²) >= 11 is 3.46. The first-order valence-electron chi connectivity index (χ1n) is 6.81. The Morgan fingerprint density at radius 1 is 1.05 bits per heavy atom. The van der Waals surface area contributed by atoms with E-state index in [1.165, 1.54) is 5.09 Å². The van der Waals surface area contributed by atoms with Gasteiger partial charge in [-0.15, -0.1) is 0 Å². The van der Waals surface area contributed by atoms with E-state index >= 15 is 0 Å². The number of fused-ring (bicyclic) bond motifs is 1. The van der Waals surface area contributed by atoms with E-state index in [4.69, 9.17) is 0 Å². The molecule has 3 rings (SSSR count). The molecule has 0 bridgehead atoms. The smallest absolute Gasteiger partial charge is 0.218 e. The first-order chi connectivity index (χ1) is 10.6. The predicted octanol–water partition coefficient (Wildman–Crippen LogP) is 1.94. The number of rotatable bonds is 4. The van der Waals surface area contributed by atoms with E-state index in [0.717, 1.165) is 20.9 Å². The molecular formula is C16H14BrN2O2P. The fourth-order valence-corrected chi connectivity index (χ4v) is 4.26. The Hall–Kier alpha value is -1.52. The molecule has 0 aliphatic heterocycles. The molecule has 0 saturated carbocycles. The van der Waals surface area contributed by atoms with E-state index in [1.807, 2.05) is 42.5 Å². The van der Waals surface area contributed by atoms with Crippen LogP contribution in [0.25, 0.3) is 10.8 Å². The van der Waals surface area contributed by atoms with Gasteiger partial charge in [0.05, 0.1) is 11.0 Å². The molecule has 22 heavy (non-hydrogen) atoms. The number of hydrogen-bond donors (Lipinski definition) is 1.